The molecule has 150 valence electrons. The molecule has 5 nitrogen and oxygen atoms in total. The van der Waals surface area contributed by atoms with Crippen LogP contribution in [0.2, 0.25) is 5.02 Å². The number of hydrogen-bond acceptors (Lipinski definition) is 3. The Kier molecular flexibility index (Phi) is 5.78. The fourth-order valence-corrected chi connectivity index (χ4v) is 4.34. The molecule has 2 aromatic carbocycles. The van der Waals surface area contributed by atoms with Gasteiger partial charge in [0, 0.05) is 52.4 Å². The molecule has 0 bridgehead atoms. The van der Waals surface area contributed by atoms with Crippen LogP contribution >= 0.6 is 23.4 Å². The zero-order chi connectivity index (χ0) is 20.4. The van der Waals surface area contributed by atoms with Crippen LogP contribution < -0.4 is 5.32 Å². The third-order valence-corrected chi connectivity index (χ3v) is 6.03. The van der Waals surface area contributed by atoms with E-state index in [2.05, 4.69) is 10.3 Å². The summed E-state index contributed by atoms with van der Waals surface area (Å²) >= 11 is 7.40. The number of aromatic nitrogens is 1. The first-order chi connectivity index (χ1) is 14.0. The van der Waals surface area contributed by atoms with Crippen LogP contribution in [0.4, 0.5) is 10.1 Å². The minimum atomic E-state index is -0.356. The summed E-state index contributed by atoms with van der Waals surface area (Å²) in [6.07, 6.45) is 0.767. The quantitative estimate of drug-likeness (QED) is 0.635. The van der Waals surface area contributed by atoms with E-state index in [-0.39, 0.29) is 29.1 Å². The molecule has 0 atom stereocenters. The molecular weight excluding hydrogens is 413 g/mol. The summed E-state index contributed by atoms with van der Waals surface area (Å²) in [5.41, 5.74) is 3.82. The van der Waals surface area contributed by atoms with Gasteiger partial charge in [0.2, 0.25) is 11.8 Å². The fraction of sp³-hybridized carbons (Fsp3) is 0.238. The number of anilines is 1. The van der Waals surface area contributed by atoms with Crippen molar-refractivity contribution in [2.45, 2.75) is 13.0 Å². The van der Waals surface area contributed by atoms with Crippen molar-refractivity contribution in [3.63, 3.8) is 0 Å². The van der Waals surface area contributed by atoms with Crippen LogP contribution in [-0.2, 0) is 22.6 Å². The minimum absolute atomic E-state index is 0.00612. The van der Waals surface area contributed by atoms with Crippen LogP contribution in [0.25, 0.3) is 10.9 Å². The van der Waals surface area contributed by atoms with Gasteiger partial charge in [0.25, 0.3) is 0 Å². The lowest BCUT2D eigenvalue weighted by Gasteiger charge is -2.27. The van der Waals surface area contributed by atoms with Gasteiger partial charge in [-0.05, 0) is 42.5 Å². The van der Waals surface area contributed by atoms with Gasteiger partial charge in [-0.1, -0.05) is 11.6 Å². The van der Waals surface area contributed by atoms with Gasteiger partial charge >= 0.3 is 0 Å². The molecule has 0 aliphatic carbocycles. The molecule has 0 saturated carbocycles. The fourth-order valence-electron chi connectivity index (χ4n) is 3.45. The van der Waals surface area contributed by atoms with E-state index in [4.69, 9.17) is 11.6 Å². The molecule has 1 aliphatic heterocycles. The topological polar surface area (TPSA) is 65.2 Å². The number of nitrogens with one attached hydrogen (secondary N) is 2. The molecule has 0 radical (unpaired) electrons. The summed E-state index contributed by atoms with van der Waals surface area (Å²) in [6, 6.07) is 11.3. The molecular formula is C21H19ClFN3O2S. The van der Waals surface area contributed by atoms with Gasteiger partial charge < -0.3 is 15.2 Å². The number of halogens is 2. The second-order valence-corrected chi connectivity index (χ2v) is 8.31. The summed E-state index contributed by atoms with van der Waals surface area (Å²) in [6.45, 7) is 1.19. The SMILES string of the molecule is O=C(CSCC(=O)N1CCc2[nH]c3ccc(Cl)cc3c2C1)Nc1ccc(F)cc1. The highest BCUT2D eigenvalue weighted by Gasteiger charge is 2.24. The van der Waals surface area contributed by atoms with E-state index in [1.165, 1.54) is 36.0 Å². The number of hydrogen-bond donors (Lipinski definition) is 2. The van der Waals surface area contributed by atoms with Crippen LogP contribution in [0.5, 0.6) is 0 Å². The standard InChI is InChI=1S/C21H19ClFN3O2S/c22-13-1-6-18-16(9-13)17-10-26(8-7-19(17)25-18)21(28)12-29-11-20(27)24-15-4-2-14(23)3-5-15/h1-6,9,25H,7-8,10-12H2,(H,24,27). The van der Waals surface area contributed by atoms with E-state index in [0.717, 1.165) is 28.6 Å². The average molecular weight is 432 g/mol. The van der Waals surface area contributed by atoms with E-state index in [1.54, 1.807) is 0 Å². The second-order valence-electron chi connectivity index (χ2n) is 6.89. The van der Waals surface area contributed by atoms with E-state index >= 15 is 0 Å². The number of amides is 2. The van der Waals surface area contributed by atoms with Crippen LogP contribution in [0.1, 0.15) is 11.3 Å². The number of carbonyl (C=O) groups excluding carboxylic acids is 2. The normalized spacial score (nSPS) is 13.4. The largest absolute Gasteiger partial charge is 0.358 e. The first-order valence-electron chi connectivity index (χ1n) is 9.19. The molecule has 0 unspecified atom stereocenters. The van der Waals surface area contributed by atoms with Gasteiger partial charge in [-0.2, -0.15) is 0 Å². The first-order valence-corrected chi connectivity index (χ1v) is 10.7. The molecule has 2 amide bonds. The number of aromatic amines is 1. The number of rotatable bonds is 5. The summed E-state index contributed by atoms with van der Waals surface area (Å²) in [5.74, 6) is -0.182. The lowest BCUT2D eigenvalue weighted by molar-refractivity contribution is -0.129. The van der Waals surface area contributed by atoms with Gasteiger partial charge in [0.15, 0.2) is 0 Å². The molecule has 3 aromatic rings. The van der Waals surface area contributed by atoms with Crippen molar-refractivity contribution in [2.75, 3.05) is 23.4 Å². The minimum Gasteiger partial charge on any atom is -0.358 e. The monoisotopic (exact) mass is 431 g/mol. The van der Waals surface area contributed by atoms with E-state index in [1.807, 2.05) is 23.1 Å². The van der Waals surface area contributed by atoms with Crippen molar-refractivity contribution in [3.8, 4) is 0 Å². The van der Waals surface area contributed by atoms with Crippen LogP contribution in [-0.4, -0.2) is 39.7 Å². The molecule has 8 heteroatoms. The second kappa shape index (κ2) is 8.47. The maximum atomic E-state index is 12.9. The third-order valence-electron chi connectivity index (χ3n) is 4.88. The van der Waals surface area contributed by atoms with Crippen molar-refractivity contribution >= 4 is 51.8 Å². The molecule has 1 aromatic heterocycles. The van der Waals surface area contributed by atoms with Crippen molar-refractivity contribution in [2.24, 2.45) is 0 Å². The predicted molar refractivity (Wildman–Crippen MR) is 115 cm³/mol. The Morgan fingerprint density at radius 2 is 1.97 bits per heavy atom. The Bertz CT molecular complexity index is 1070. The zero-order valence-corrected chi connectivity index (χ0v) is 17.1. The van der Waals surface area contributed by atoms with Gasteiger partial charge in [-0.3, -0.25) is 9.59 Å². The number of carbonyl (C=O) groups is 2. The number of benzene rings is 2. The van der Waals surface area contributed by atoms with Crippen molar-refractivity contribution < 1.29 is 14.0 Å². The Balaban J connectivity index is 1.30. The van der Waals surface area contributed by atoms with Gasteiger partial charge in [-0.25, -0.2) is 4.39 Å². The van der Waals surface area contributed by atoms with Crippen LogP contribution in [0.15, 0.2) is 42.5 Å². The zero-order valence-electron chi connectivity index (χ0n) is 15.5. The first kappa shape index (κ1) is 19.8. The molecule has 2 heterocycles. The Hall–Kier alpha value is -2.51. The van der Waals surface area contributed by atoms with Gasteiger partial charge in [-0.15, -0.1) is 11.8 Å². The van der Waals surface area contributed by atoms with E-state index in [9.17, 15) is 14.0 Å². The lowest BCUT2D eigenvalue weighted by atomic mass is 10.0. The number of H-pyrrole nitrogens is 1. The lowest BCUT2D eigenvalue weighted by Crippen LogP contribution is -2.37. The highest BCUT2D eigenvalue weighted by molar-refractivity contribution is 8.00. The summed E-state index contributed by atoms with van der Waals surface area (Å²) in [5, 5.41) is 4.41. The highest BCUT2D eigenvalue weighted by Crippen LogP contribution is 2.30. The van der Waals surface area contributed by atoms with Crippen molar-refractivity contribution in [1.82, 2.24) is 9.88 Å². The van der Waals surface area contributed by atoms with Crippen LogP contribution in [0, 0.1) is 5.82 Å². The van der Waals surface area contributed by atoms with E-state index < -0.39 is 0 Å². The molecule has 0 spiro atoms. The smallest absolute Gasteiger partial charge is 0.234 e. The predicted octanol–water partition coefficient (Wildman–Crippen LogP) is 4.22. The van der Waals surface area contributed by atoms with Crippen molar-refractivity contribution in [3.05, 3.63) is 64.6 Å². The Morgan fingerprint density at radius 3 is 2.76 bits per heavy atom. The molecule has 29 heavy (non-hydrogen) atoms. The summed E-state index contributed by atoms with van der Waals surface area (Å²) < 4.78 is 12.9. The number of nitrogens with zero attached hydrogens (tertiary/aromatic N) is 1. The van der Waals surface area contributed by atoms with Crippen LogP contribution in [0.3, 0.4) is 0 Å². The van der Waals surface area contributed by atoms with E-state index in [0.29, 0.717) is 23.8 Å². The van der Waals surface area contributed by atoms with Crippen molar-refractivity contribution in [1.29, 1.82) is 0 Å². The molecule has 0 saturated heterocycles. The average Bonchev–Trinajstić information content (AvgIpc) is 3.06. The number of fused-ring (bicyclic) bond motifs is 3. The Labute approximate surface area is 176 Å². The maximum absolute atomic E-state index is 12.9. The third kappa shape index (κ3) is 4.57. The van der Waals surface area contributed by atoms with Gasteiger partial charge in [0.1, 0.15) is 5.82 Å². The molecule has 2 N–H and O–H groups in total. The molecule has 0 fully saturated rings. The number of thioether (sulfide) groups is 1. The van der Waals surface area contributed by atoms with Gasteiger partial charge in [0.05, 0.1) is 11.5 Å². The summed E-state index contributed by atoms with van der Waals surface area (Å²) in [7, 11) is 0. The molecule has 4 rings (SSSR count). The summed E-state index contributed by atoms with van der Waals surface area (Å²) in [4.78, 5) is 29.8. The Morgan fingerprint density at radius 1 is 1.17 bits per heavy atom. The maximum Gasteiger partial charge on any atom is 0.234 e. The molecule has 1 aliphatic rings. The highest BCUT2D eigenvalue weighted by atomic mass is 35.5.